The van der Waals surface area contributed by atoms with Gasteiger partial charge in [0.15, 0.2) is 0 Å². The van der Waals surface area contributed by atoms with E-state index in [0.717, 1.165) is 37.7 Å². The van der Waals surface area contributed by atoms with Crippen LogP contribution in [0.3, 0.4) is 0 Å². The first-order valence-corrected chi connectivity index (χ1v) is 11.1. The molecule has 1 saturated carbocycles. The Bertz CT molecular complexity index is 762. The molecule has 1 aromatic carbocycles. The second kappa shape index (κ2) is 9.27. The lowest BCUT2D eigenvalue weighted by Gasteiger charge is -2.27. The smallest absolute Gasteiger partial charge is 0.335 e. The third-order valence-electron chi connectivity index (χ3n) is 7.00. The Kier molecular flexibility index (Phi) is 6.51. The molecule has 2 saturated heterocycles. The van der Waals surface area contributed by atoms with Gasteiger partial charge in [-0.05, 0) is 61.6 Å². The van der Waals surface area contributed by atoms with E-state index in [1.165, 1.54) is 19.3 Å². The average Bonchev–Trinajstić information content (AvgIpc) is 3.35. The van der Waals surface area contributed by atoms with Gasteiger partial charge in [-0.15, -0.1) is 0 Å². The maximum atomic E-state index is 11.1. The van der Waals surface area contributed by atoms with Crippen LogP contribution in [0.5, 0.6) is 0 Å². The summed E-state index contributed by atoms with van der Waals surface area (Å²) in [5.41, 5.74) is 1.22. The molecule has 3 fully saturated rings. The van der Waals surface area contributed by atoms with Crippen LogP contribution >= 0.6 is 0 Å². The first-order chi connectivity index (χ1) is 14.1. The van der Waals surface area contributed by atoms with Gasteiger partial charge in [0.25, 0.3) is 0 Å². The Hall–Kier alpha value is -1.91. The molecule has 4 heteroatoms. The number of aliphatic hydroxyl groups is 1. The Balaban J connectivity index is 1.38. The quantitative estimate of drug-likeness (QED) is 0.631. The maximum absolute atomic E-state index is 11.1. The fraction of sp³-hybridized carbons (Fsp3) is 0.560. The normalized spacial score (nSPS) is 31.1. The Morgan fingerprint density at radius 2 is 1.93 bits per heavy atom. The van der Waals surface area contributed by atoms with E-state index in [1.54, 1.807) is 18.2 Å². The highest BCUT2D eigenvalue weighted by molar-refractivity contribution is 5.88. The minimum atomic E-state index is -0.900. The van der Waals surface area contributed by atoms with Gasteiger partial charge in [0.05, 0.1) is 23.9 Å². The fourth-order valence-electron chi connectivity index (χ4n) is 5.40. The number of fused-ring (bicyclic) bond motifs is 2. The highest BCUT2D eigenvalue weighted by Crippen LogP contribution is 2.46. The topological polar surface area (TPSA) is 66.8 Å². The summed E-state index contributed by atoms with van der Waals surface area (Å²) >= 11 is 0. The summed E-state index contributed by atoms with van der Waals surface area (Å²) in [5, 5.41) is 19.7. The van der Waals surface area contributed by atoms with Crippen LogP contribution in [0.25, 0.3) is 6.08 Å². The van der Waals surface area contributed by atoms with Gasteiger partial charge in [-0.3, -0.25) is 0 Å². The molecule has 4 nitrogen and oxygen atoms in total. The molecule has 0 aromatic heterocycles. The second-order valence-electron chi connectivity index (χ2n) is 8.87. The summed E-state index contributed by atoms with van der Waals surface area (Å²) in [6, 6.07) is 7.02. The fourth-order valence-corrected chi connectivity index (χ4v) is 5.40. The predicted octanol–water partition coefficient (Wildman–Crippen LogP) is 5.08. The summed E-state index contributed by atoms with van der Waals surface area (Å²) in [7, 11) is 0. The first-order valence-electron chi connectivity index (χ1n) is 11.1. The van der Waals surface area contributed by atoms with Crippen molar-refractivity contribution in [3.05, 3.63) is 53.6 Å². The Morgan fingerprint density at radius 1 is 1.14 bits per heavy atom. The highest BCUT2D eigenvalue weighted by atomic mass is 16.5. The molecule has 1 unspecified atom stereocenters. The minimum absolute atomic E-state index is 0.281. The standard InChI is InChI=1S/C25H32O4/c26-22(18-8-2-1-3-9-18)13-12-21-20(23-14-15-24(21)29-23)11-5-7-17-6-4-10-19(16-17)25(27)28/h4-7,10,12-13,16,18,20-24,26H,1-3,8-9,11,14-15H2,(H,27,28)/b7-5-,13-12?/t20-,21-,22?,23-,24+/m1/s1. The summed E-state index contributed by atoms with van der Waals surface area (Å²) in [6.07, 6.45) is 17.9. The number of carbonyl (C=O) groups is 1. The van der Waals surface area contributed by atoms with Crippen LogP contribution in [0.4, 0.5) is 0 Å². The van der Waals surface area contributed by atoms with Crippen LogP contribution in [-0.2, 0) is 4.74 Å². The number of benzene rings is 1. The molecule has 2 heterocycles. The van der Waals surface area contributed by atoms with E-state index in [9.17, 15) is 9.90 Å². The number of hydrogen-bond donors (Lipinski definition) is 2. The molecule has 0 amide bonds. The number of rotatable bonds is 7. The summed E-state index contributed by atoms with van der Waals surface area (Å²) < 4.78 is 6.18. The third-order valence-corrected chi connectivity index (χ3v) is 7.00. The zero-order chi connectivity index (χ0) is 20.2. The van der Waals surface area contributed by atoms with Gasteiger partial charge in [0, 0.05) is 5.92 Å². The molecule has 1 aromatic rings. The summed E-state index contributed by atoms with van der Waals surface area (Å²) in [6.45, 7) is 0. The lowest BCUT2D eigenvalue weighted by molar-refractivity contribution is 0.0696. The summed E-state index contributed by atoms with van der Waals surface area (Å²) in [4.78, 5) is 11.1. The number of allylic oxidation sites excluding steroid dienone is 1. The maximum Gasteiger partial charge on any atom is 0.335 e. The van der Waals surface area contributed by atoms with Crippen LogP contribution in [0, 0.1) is 17.8 Å². The molecule has 29 heavy (non-hydrogen) atoms. The molecule has 2 bridgehead atoms. The van der Waals surface area contributed by atoms with E-state index in [1.807, 2.05) is 18.2 Å². The van der Waals surface area contributed by atoms with Crippen molar-refractivity contribution < 1.29 is 19.7 Å². The molecular formula is C25H32O4. The van der Waals surface area contributed by atoms with E-state index in [0.29, 0.717) is 29.4 Å². The molecular weight excluding hydrogens is 364 g/mol. The largest absolute Gasteiger partial charge is 0.478 e. The van der Waals surface area contributed by atoms with E-state index in [4.69, 9.17) is 9.84 Å². The van der Waals surface area contributed by atoms with E-state index in [-0.39, 0.29) is 12.2 Å². The number of carboxylic acid groups (broad SMARTS) is 1. The average molecular weight is 397 g/mol. The van der Waals surface area contributed by atoms with Crippen molar-refractivity contribution in [3.8, 4) is 0 Å². The predicted molar refractivity (Wildman–Crippen MR) is 114 cm³/mol. The first kappa shape index (κ1) is 20.4. The Labute approximate surface area is 173 Å². The molecule has 156 valence electrons. The van der Waals surface area contributed by atoms with Crippen molar-refractivity contribution in [2.45, 2.75) is 69.7 Å². The van der Waals surface area contributed by atoms with Crippen molar-refractivity contribution in [1.29, 1.82) is 0 Å². The van der Waals surface area contributed by atoms with Crippen molar-refractivity contribution in [2.75, 3.05) is 0 Å². The van der Waals surface area contributed by atoms with Crippen molar-refractivity contribution >= 4 is 12.0 Å². The highest BCUT2D eigenvalue weighted by Gasteiger charge is 2.46. The number of aliphatic hydroxyl groups excluding tert-OH is 1. The SMILES string of the molecule is O=C(O)c1cccc(/C=C\C[C@@H]2[C@@H](C=CC(O)C3CCCCC3)[C@@H]3CC[C@H]2O3)c1. The van der Waals surface area contributed by atoms with Crippen LogP contribution in [0.2, 0.25) is 0 Å². The molecule has 5 atom stereocenters. The lowest BCUT2D eigenvalue weighted by Crippen LogP contribution is -2.26. The van der Waals surface area contributed by atoms with Gasteiger partial charge in [-0.2, -0.15) is 0 Å². The van der Waals surface area contributed by atoms with Crippen molar-refractivity contribution in [1.82, 2.24) is 0 Å². The summed E-state index contributed by atoms with van der Waals surface area (Å²) in [5.74, 6) is 0.312. The number of aromatic carboxylic acids is 1. The van der Waals surface area contributed by atoms with Gasteiger partial charge in [0.2, 0.25) is 0 Å². The van der Waals surface area contributed by atoms with Gasteiger partial charge in [0.1, 0.15) is 0 Å². The van der Waals surface area contributed by atoms with Gasteiger partial charge < -0.3 is 14.9 Å². The number of hydrogen-bond acceptors (Lipinski definition) is 3. The van der Waals surface area contributed by atoms with Crippen LogP contribution < -0.4 is 0 Å². The van der Waals surface area contributed by atoms with Gasteiger partial charge >= 0.3 is 5.97 Å². The van der Waals surface area contributed by atoms with E-state index >= 15 is 0 Å². The van der Waals surface area contributed by atoms with Crippen molar-refractivity contribution in [3.63, 3.8) is 0 Å². The zero-order valence-electron chi connectivity index (χ0n) is 17.0. The minimum Gasteiger partial charge on any atom is -0.478 e. The number of carboxylic acids is 1. The molecule has 0 radical (unpaired) electrons. The van der Waals surface area contributed by atoms with Crippen LogP contribution in [0.1, 0.15) is 67.3 Å². The molecule has 2 N–H and O–H groups in total. The third kappa shape index (κ3) is 4.81. The molecule has 3 aliphatic rings. The van der Waals surface area contributed by atoms with Gasteiger partial charge in [-0.1, -0.05) is 55.7 Å². The molecule has 0 spiro atoms. The van der Waals surface area contributed by atoms with Crippen LogP contribution in [0.15, 0.2) is 42.5 Å². The zero-order valence-corrected chi connectivity index (χ0v) is 17.0. The monoisotopic (exact) mass is 396 g/mol. The Morgan fingerprint density at radius 3 is 2.72 bits per heavy atom. The molecule has 4 rings (SSSR count). The van der Waals surface area contributed by atoms with Gasteiger partial charge in [-0.25, -0.2) is 4.79 Å². The van der Waals surface area contributed by atoms with E-state index in [2.05, 4.69) is 12.2 Å². The molecule has 1 aliphatic carbocycles. The van der Waals surface area contributed by atoms with Crippen LogP contribution in [-0.4, -0.2) is 34.5 Å². The number of ether oxygens (including phenoxy) is 1. The second-order valence-corrected chi connectivity index (χ2v) is 8.87. The molecule has 2 aliphatic heterocycles. The van der Waals surface area contributed by atoms with E-state index < -0.39 is 5.97 Å². The lowest BCUT2D eigenvalue weighted by atomic mass is 9.76. The van der Waals surface area contributed by atoms with Crippen molar-refractivity contribution in [2.24, 2.45) is 17.8 Å².